The van der Waals surface area contributed by atoms with Crippen molar-refractivity contribution in [3.05, 3.63) is 0 Å². The average molecular weight is 320 g/mol. The van der Waals surface area contributed by atoms with Gasteiger partial charge in [0.2, 0.25) is 0 Å². The number of hydrogen-bond acceptors (Lipinski definition) is 2. The average Bonchev–Trinajstić information content (AvgIpc) is 2.85. The van der Waals surface area contributed by atoms with Gasteiger partial charge in [0.15, 0.2) is 0 Å². The number of aliphatic hydroxyl groups is 1. The summed E-state index contributed by atoms with van der Waals surface area (Å²) in [5.74, 6) is 4.14. The molecule has 4 aliphatic carbocycles. The molecule has 4 saturated carbocycles. The van der Waals surface area contributed by atoms with E-state index in [1.54, 1.807) is 0 Å². The third kappa shape index (κ3) is 2.27. The van der Waals surface area contributed by atoms with Crippen LogP contribution in [-0.2, 0) is 0 Å². The molecule has 2 nitrogen and oxygen atoms in total. The van der Waals surface area contributed by atoms with E-state index in [1.165, 1.54) is 57.8 Å². The fraction of sp³-hybridized carbons (Fsp3) is 1.00. The molecule has 9 atom stereocenters. The van der Waals surface area contributed by atoms with E-state index in [2.05, 4.69) is 13.8 Å². The molecule has 4 fully saturated rings. The van der Waals surface area contributed by atoms with Crippen molar-refractivity contribution in [2.45, 2.75) is 90.7 Å². The van der Waals surface area contributed by atoms with E-state index in [0.29, 0.717) is 22.8 Å². The van der Waals surface area contributed by atoms with Crippen LogP contribution >= 0.6 is 0 Å². The van der Waals surface area contributed by atoms with Gasteiger partial charge in [-0.3, -0.25) is 0 Å². The van der Waals surface area contributed by atoms with Crippen LogP contribution in [0.4, 0.5) is 0 Å². The van der Waals surface area contributed by atoms with E-state index in [4.69, 9.17) is 5.73 Å². The van der Waals surface area contributed by atoms with Gasteiger partial charge < -0.3 is 10.8 Å². The Bertz CT molecular complexity index is 463. The smallest absolute Gasteiger partial charge is 0.0545 e. The maximum absolute atomic E-state index is 10.3. The Labute approximate surface area is 142 Å². The Morgan fingerprint density at radius 2 is 1.61 bits per heavy atom. The second-order valence-corrected chi connectivity index (χ2v) is 10.2. The van der Waals surface area contributed by atoms with Crippen molar-refractivity contribution in [1.29, 1.82) is 0 Å². The van der Waals surface area contributed by atoms with E-state index in [-0.39, 0.29) is 6.10 Å². The molecule has 0 aromatic rings. The van der Waals surface area contributed by atoms with Gasteiger partial charge in [-0.1, -0.05) is 13.8 Å². The lowest BCUT2D eigenvalue weighted by molar-refractivity contribution is -0.120. The number of rotatable bonds is 1. The van der Waals surface area contributed by atoms with Gasteiger partial charge in [0.1, 0.15) is 0 Å². The third-order valence-electron chi connectivity index (χ3n) is 9.36. The van der Waals surface area contributed by atoms with Crippen molar-refractivity contribution in [1.82, 2.24) is 0 Å². The SMILES string of the molecule is C[C@@H](O)[C@H]1CC[C@H]2[C@@H]3CC[C@@H]4C[C@@H](N)CC[C@]4(C)[C@H]3CC[C@]12C. The second-order valence-electron chi connectivity index (χ2n) is 10.2. The molecular formula is C21H37NO. The van der Waals surface area contributed by atoms with Gasteiger partial charge in [0.25, 0.3) is 0 Å². The van der Waals surface area contributed by atoms with Crippen molar-refractivity contribution < 1.29 is 5.11 Å². The Morgan fingerprint density at radius 1 is 0.913 bits per heavy atom. The van der Waals surface area contributed by atoms with Crippen LogP contribution in [0.3, 0.4) is 0 Å². The minimum atomic E-state index is -0.124. The maximum Gasteiger partial charge on any atom is 0.0545 e. The molecule has 132 valence electrons. The van der Waals surface area contributed by atoms with Gasteiger partial charge in [0.05, 0.1) is 6.10 Å². The van der Waals surface area contributed by atoms with Crippen molar-refractivity contribution in [3.8, 4) is 0 Å². The lowest BCUT2D eigenvalue weighted by atomic mass is 9.44. The Kier molecular flexibility index (Phi) is 3.89. The van der Waals surface area contributed by atoms with E-state index >= 15 is 0 Å². The summed E-state index contributed by atoms with van der Waals surface area (Å²) in [6.45, 7) is 7.17. The van der Waals surface area contributed by atoms with Crippen LogP contribution in [-0.4, -0.2) is 17.3 Å². The van der Waals surface area contributed by atoms with Gasteiger partial charge >= 0.3 is 0 Å². The normalized spacial score (nSPS) is 57.3. The fourth-order valence-electron chi connectivity index (χ4n) is 8.12. The summed E-state index contributed by atoms with van der Waals surface area (Å²) in [5, 5.41) is 10.3. The molecule has 0 unspecified atom stereocenters. The van der Waals surface area contributed by atoms with E-state index in [9.17, 15) is 5.11 Å². The number of aliphatic hydroxyl groups excluding tert-OH is 1. The molecule has 2 heteroatoms. The van der Waals surface area contributed by atoms with Gasteiger partial charge in [-0.15, -0.1) is 0 Å². The van der Waals surface area contributed by atoms with Gasteiger partial charge in [-0.2, -0.15) is 0 Å². The topological polar surface area (TPSA) is 46.2 Å². The summed E-state index contributed by atoms with van der Waals surface area (Å²) in [4.78, 5) is 0. The van der Waals surface area contributed by atoms with E-state index in [0.717, 1.165) is 23.7 Å². The first-order valence-corrected chi connectivity index (χ1v) is 10.3. The van der Waals surface area contributed by atoms with Crippen LogP contribution in [0.5, 0.6) is 0 Å². The highest BCUT2D eigenvalue weighted by Gasteiger charge is 2.60. The third-order valence-corrected chi connectivity index (χ3v) is 9.36. The summed E-state index contributed by atoms with van der Waals surface area (Å²) in [5.41, 5.74) is 7.26. The highest BCUT2D eigenvalue weighted by molar-refractivity contribution is 5.09. The van der Waals surface area contributed by atoms with Crippen LogP contribution < -0.4 is 5.73 Å². The molecule has 3 N–H and O–H groups in total. The predicted octanol–water partition coefficient (Wildman–Crippen LogP) is 4.35. The molecule has 0 aliphatic heterocycles. The van der Waals surface area contributed by atoms with Gasteiger partial charge in [-0.25, -0.2) is 0 Å². The first kappa shape index (κ1) is 16.4. The van der Waals surface area contributed by atoms with E-state index < -0.39 is 0 Å². The minimum Gasteiger partial charge on any atom is -0.393 e. The van der Waals surface area contributed by atoms with Crippen LogP contribution in [0, 0.1) is 40.4 Å². The van der Waals surface area contributed by atoms with Crippen molar-refractivity contribution in [2.75, 3.05) is 0 Å². The van der Waals surface area contributed by atoms with Gasteiger partial charge in [-0.05, 0) is 105 Å². The number of fused-ring (bicyclic) bond motifs is 5. The van der Waals surface area contributed by atoms with Crippen molar-refractivity contribution in [2.24, 2.45) is 46.2 Å². The summed E-state index contributed by atoms with van der Waals surface area (Å²) >= 11 is 0. The molecule has 0 saturated heterocycles. The molecule has 0 bridgehead atoms. The lowest BCUT2D eigenvalue weighted by Crippen LogP contribution is -2.55. The zero-order chi connectivity index (χ0) is 16.4. The highest BCUT2D eigenvalue weighted by atomic mass is 16.3. The number of nitrogens with two attached hydrogens (primary N) is 1. The van der Waals surface area contributed by atoms with Crippen molar-refractivity contribution in [3.63, 3.8) is 0 Å². The zero-order valence-corrected chi connectivity index (χ0v) is 15.4. The molecule has 0 aromatic heterocycles. The Morgan fingerprint density at radius 3 is 2.35 bits per heavy atom. The molecule has 0 amide bonds. The molecule has 23 heavy (non-hydrogen) atoms. The van der Waals surface area contributed by atoms with Crippen LogP contribution in [0.2, 0.25) is 0 Å². The molecule has 0 heterocycles. The fourth-order valence-corrected chi connectivity index (χ4v) is 8.12. The molecule has 0 spiro atoms. The monoisotopic (exact) mass is 319 g/mol. The largest absolute Gasteiger partial charge is 0.393 e. The molecule has 4 rings (SSSR count). The quantitative estimate of drug-likeness (QED) is 0.754. The van der Waals surface area contributed by atoms with E-state index in [1.807, 2.05) is 6.92 Å². The summed E-state index contributed by atoms with van der Waals surface area (Å²) in [6.07, 6.45) is 12.0. The lowest BCUT2D eigenvalue weighted by Gasteiger charge is -2.61. The van der Waals surface area contributed by atoms with Crippen LogP contribution in [0.1, 0.15) is 78.6 Å². The van der Waals surface area contributed by atoms with Gasteiger partial charge in [0, 0.05) is 6.04 Å². The molecule has 0 aromatic carbocycles. The van der Waals surface area contributed by atoms with Crippen molar-refractivity contribution >= 4 is 0 Å². The standard InChI is InChI=1S/C21H37NO/c1-13(23)17-6-7-18-16-5-4-14-12-15(22)8-10-20(14,2)19(16)9-11-21(17,18)3/h13-19,23H,4-12,22H2,1-3H3/t13-,14-,15+,16+,17-,18+,19+,20+,21-/m1/s1. The first-order valence-electron chi connectivity index (χ1n) is 10.3. The summed E-state index contributed by atoms with van der Waals surface area (Å²) in [7, 11) is 0. The molecular weight excluding hydrogens is 282 g/mol. The Hall–Kier alpha value is -0.0800. The number of hydrogen-bond donors (Lipinski definition) is 2. The molecule has 4 aliphatic rings. The predicted molar refractivity (Wildman–Crippen MR) is 94.9 cm³/mol. The second kappa shape index (κ2) is 5.46. The summed E-state index contributed by atoms with van der Waals surface area (Å²) < 4.78 is 0. The first-order chi connectivity index (χ1) is 10.9. The minimum absolute atomic E-state index is 0.124. The highest BCUT2D eigenvalue weighted by Crippen LogP contribution is 2.67. The summed E-state index contributed by atoms with van der Waals surface area (Å²) in [6, 6.07) is 0.463. The zero-order valence-electron chi connectivity index (χ0n) is 15.4. The maximum atomic E-state index is 10.3. The molecule has 0 radical (unpaired) electrons. The Balaban J connectivity index is 1.60. The van der Waals surface area contributed by atoms with Crippen LogP contribution in [0.25, 0.3) is 0 Å². The van der Waals surface area contributed by atoms with Crippen LogP contribution in [0.15, 0.2) is 0 Å².